The minimum absolute atomic E-state index is 0.00507. The predicted molar refractivity (Wildman–Crippen MR) is 131 cm³/mol. The number of nitrogens with zero attached hydrogens (tertiary/aromatic N) is 1. The molecule has 0 aliphatic carbocycles. The van der Waals surface area contributed by atoms with Crippen molar-refractivity contribution < 1.29 is 9.59 Å². The largest absolute Gasteiger partial charge is 0.350 e. The Morgan fingerprint density at radius 2 is 1.68 bits per heavy atom. The van der Waals surface area contributed by atoms with E-state index in [1.165, 1.54) is 11.1 Å². The van der Waals surface area contributed by atoms with Crippen molar-refractivity contribution in [1.82, 2.24) is 10.2 Å². The van der Waals surface area contributed by atoms with Crippen LogP contribution in [-0.2, 0) is 21.9 Å². The summed E-state index contributed by atoms with van der Waals surface area (Å²) in [5.74, 6) is 1.02. The summed E-state index contributed by atoms with van der Waals surface area (Å²) in [5.41, 5.74) is 4.27. The van der Waals surface area contributed by atoms with Gasteiger partial charge < -0.3 is 10.2 Å². The highest BCUT2D eigenvalue weighted by Crippen LogP contribution is 2.18. The third kappa shape index (κ3) is 8.41. The second-order valence-electron chi connectivity index (χ2n) is 9.15. The van der Waals surface area contributed by atoms with Gasteiger partial charge in [-0.05, 0) is 52.2 Å². The lowest BCUT2D eigenvalue weighted by molar-refractivity contribution is -0.140. The molecule has 2 aromatic rings. The fraction of sp³-hybridized carbons (Fsp3) is 0.462. The van der Waals surface area contributed by atoms with E-state index in [2.05, 4.69) is 42.6 Å². The molecule has 0 heterocycles. The van der Waals surface area contributed by atoms with Gasteiger partial charge in [-0.1, -0.05) is 66.6 Å². The van der Waals surface area contributed by atoms with Crippen molar-refractivity contribution in [2.45, 2.75) is 71.8 Å². The van der Waals surface area contributed by atoms with E-state index < -0.39 is 6.04 Å². The first kappa shape index (κ1) is 25.0. The van der Waals surface area contributed by atoms with E-state index in [0.29, 0.717) is 18.7 Å². The summed E-state index contributed by atoms with van der Waals surface area (Å²) in [6.07, 6.45) is 0.572. The zero-order chi connectivity index (χ0) is 23.0. The van der Waals surface area contributed by atoms with Crippen LogP contribution in [0.2, 0.25) is 0 Å². The summed E-state index contributed by atoms with van der Waals surface area (Å²) in [6, 6.07) is 16.0. The Labute approximate surface area is 191 Å². The molecule has 5 heteroatoms. The first-order valence-corrected chi connectivity index (χ1v) is 12.0. The average molecular weight is 441 g/mol. The van der Waals surface area contributed by atoms with Crippen molar-refractivity contribution in [2.75, 3.05) is 5.75 Å². The molecule has 0 aromatic heterocycles. The topological polar surface area (TPSA) is 49.4 Å². The summed E-state index contributed by atoms with van der Waals surface area (Å²) in [7, 11) is 0. The normalized spacial score (nSPS) is 12.3. The zero-order valence-electron chi connectivity index (χ0n) is 19.7. The molecule has 0 aliphatic rings. The lowest BCUT2D eigenvalue weighted by Crippen LogP contribution is -2.53. The van der Waals surface area contributed by atoms with Crippen molar-refractivity contribution >= 4 is 23.6 Å². The van der Waals surface area contributed by atoms with Gasteiger partial charge in [0.2, 0.25) is 11.8 Å². The number of rotatable bonds is 9. The van der Waals surface area contributed by atoms with Gasteiger partial charge in [0.15, 0.2) is 0 Å². The number of hydrogen-bond donors (Lipinski definition) is 1. The molecule has 0 radical (unpaired) electrons. The molecule has 2 amide bonds. The van der Waals surface area contributed by atoms with Crippen molar-refractivity contribution in [3.63, 3.8) is 0 Å². The van der Waals surface area contributed by atoms with E-state index in [1.807, 2.05) is 52.8 Å². The van der Waals surface area contributed by atoms with Gasteiger partial charge in [0.1, 0.15) is 6.04 Å². The van der Waals surface area contributed by atoms with E-state index in [9.17, 15) is 9.59 Å². The Bertz CT molecular complexity index is 872. The van der Waals surface area contributed by atoms with Crippen molar-refractivity contribution in [1.29, 1.82) is 0 Å². The highest BCUT2D eigenvalue weighted by Gasteiger charge is 2.30. The van der Waals surface area contributed by atoms with Gasteiger partial charge in [-0.25, -0.2) is 0 Å². The number of benzene rings is 2. The fourth-order valence-electron chi connectivity index (χ4n) is 3.40. The minimum Gasteiger partial charge on any atom is -0.350 e. The zero-order valence-corrected chi connectivity index (χ0v) is 20.5. The van der Waals surface area contributed by atoms with Crippen LogP contribution in [0, 0.1) is 13.8 Å². The molecule has 0 fully saturated rings. The van der Waals surface area contributed by atoms with E-state index >= 15 is 0 Å². The summed E-state index contributed by atoms with van der Waals surface area (Å²) < 4.78 is 0. The Morgan fingerprint density at radius 1 is 1.00 bits per heavy atom. The first-order valence-electron chi connectivity index (χ1n) is 10.9. The molecule has 1 unspecified atom stereocenters. The number of hydrogen-bond acceptors (Lipinski definition) is 3. The Morgan fingerprint density at radius 3 is 2.26 bits per heavy atom. The van der Waals surface area contributed by atoms with Crippen molar-refractivity contribution in [2.24, 2.45) is 0 Å². The highest BCUT2D eigenvalue weighted by atomic mass is 32.2. The fourth-order valence-corrected chi connectivity index (χ4v) is 4.27. The first-order chi connectivity index (χ1) is 14.6. The van der Waals surface area contributed by atoms with Crippen LogP contribution < -0.4 is 5.32 Å². The molecule has 31 heavy (non-hydrogen) atoms. The molecule has 0 bridgehead atoms. The highest BCUT2D eigenvalue weighted by molar-refractivity contribution is 7.99. The average Bonchev–Trinajstić information content (AvgIpc) is 2.68. The van der Waals surface area contributed by atoms with Gasteiger partial charge in [0.05, 0.1) is 5.75 Å². The van der Waals surface area contributed by atoms with E-state index in [4.69, 9.17) is 0 Å². The van der Waals surface area contributed by atoms with Crippen molar-refractivity contribution in [3.05, 3.63) is 70.8 Å². The maximum absolute atomic E-state index is 13.3. The predicted octanol–water partition coefficient (Wildman–Crippen LogP) is 5.26. The monoisotopic (exact) mass is 440 g/mol. The Balaban J connectivity index is 2.15. The number of thioether (sulfide) groups is 1. The molecular formula is C26H36N2O2S. The third-order valence-corrected chi connectivity index (χ3v) is 5.92. The van der Waals surface area contributed by atoms with Crippen LogP contribution in [-0.4, -0.2) is 34.0 Å². The summed E-state index contributed by atoms with van der Waals surface area (Å²) >= 11 is 1.59. The third-order valence-electron chi connectivity index (χ3n) is 4.93. The van der Waals surface area contributed by atoms with Crippen molar-refractivity contribution in [3.8, 4) is 0 Å². The van der Waals surface area contributed by atoms with Gasteiger partial charge in [0, 0.05) is 17.8 Å². The molecule has 0 aliphatic heterocycles. The lowest BCUT2D eigenvalue weighted by atomic mass is 10.1. The lowest BCUT2D eigenvalue weighted by Gasteiger charge is -2.33. The van der Waals surface area contributed by atoms with Crippen LogP contribution >= 0.6 is 11.8 Å². The van der Waals surface area contributed by atoms with Gasteiger partial charge in [-0.2, -0.15) is 0 Å². The Kier molecular flexibility index (Phi) is 9.17. The number of aryl methyl sites for hydroxylation is 2. The number of carbonyl (C=O) groups excluding carboxylic acids is 2. The van der Waals surface area contributed by atoms with Gasteiger partial charge in [-0.15, -0.1) is 11.8 Å². The van der Waals surface area contributed by atoms with Gasteiger partial charge in [-0.3, -0.25) is 9.59 Å². The number of nitrogens with one attached hydrogen (secondary N) is 1. The SMILES string of the molecule is CCC(C(=O)NC(C)(C)C)N(Cc1cccc(C)c1)C(=O)CSCc1ccc(C)cc1. The molecule has 0 saturated heterocycles. The van der Waals surface area contributed by atoms with Gasteiger partial charge in [0.25, 0.3) is 0 Å². The smallest absolute Gasteiger partial charge is 0.243 e. The molecular weight excluding hydrogens is 404 g/mol. The molecule has 2 rings (SSSR count). The molecule has 1 N–H and O–H groups in total. The quantitative estimate of drug-likeness (QED) is 0.579. The summed E-state index contributed by atoms with van der Waals surface area (Å²) in [6.45, 7) is 12.4. The maximum Gasteiger partial charge on any atom is 0.243 e. The van der Waals surface area contributed by atoms with E-state index in [-0.39, 0.29) is 17.4 Å². The van der Waals surface area contributed by atoms with E-state index in [0.717, 1.165) is 16.9 Å². The standard InChI is InChI=1S/C26H36N2O2S/c1-7-23(25(30)27-26(4,5)6)28(16-22-10-8-9-20(3)15-22)24(29)18-31-17-21-13-11-19(2)12-14-21/h8-15,23H,7,16-18H2,1-6H3,(H,27,30). The summed E-state index contributed by atoms with van der Waals surface area (Å²) in [4.78, 5) is 28.0. The molecule has 0 saturated carbocycles. The second kappa shape index (κ2) is 11.4. The van der Waals surface area contributed by atoms with Crippen LogP contribution in [0.5, 0.6) is 0 Å². The van der Waals surface area contributed by atoms with Crippen LogP contribution in [0.4, 0.5) is 0 Å². The van der Waals surface area contributed by atoms with Crippen LogP contribution in [0.1, 0.15) is 56.4 Å². The number of amides is 2. The van der Waals surface area contributed by atoms with Crippen LogP contribution in [0.3, 0.4) is 0 Å². The maximum atomic E-state index is 13.3. The molecule has 168 valence electrons. The minimum atomic E-state index is -0.493. The second-order valence-corrected chi connectivity index (χ2v) is 10.1. The van der Waals surface area contributed by atoms with Crippen LogP contribution in [0.25, 0.3) is 0 Å². The number of carbonyl (C=O) groups is 2. The summed E-state index contributed by atoms with van der Waals surface area (Å²) in [5, 5.41) is 3.05. The van der Waals surface area contributed by atoms with E-state index in [1.54, 1.807) is 16.7 Å². The Hall–Kier alpha value is -2.27. The molecule has 0 spiro atoms. The molecule has 4 nitrogen and oxygen atoms in total. The molecule has 2 aromatic carbocycles. The van der Waals surface area contributed by atoms with Gasteiger partial charge >= 0.3 is 0 Å². The van der Waals surface area contributed by atoms with Crippen LogP contribution in [0.15, 0.2) is 48.5 Å². The molecule has 1 atom stereocenters.